The monoisotopic (exact) mass is 275 g/mol. The number of hydrogen-bond donors (Lipinski definition) is 1. The third kappa shape index (κ3) is 4.50. The van der Waals surface area contributed by atoms with Gasteiger partial charge in [-0.2, -0.15) is 0 Å². The summed E-state index contributed by atoms with van der Waals surface area (Å²) in [6, 6.07) is 8.37. The lowest BCUT2D eigenvalue weighted by Crippen LogP contribution is -2.07. The van der Waals surface area contributed by atoms with Crippen molar-refractivity contribution in [2.75, 3.05) is 18.5 Å². The number of ether oxygens (including phenoxy) is 1. The van der Waals surface area contributed by atoms with Crippen LogP contribution in [0.25, 0.3) is 0 Å². The van der Waals surface area contributed by atoms with Crippen molar-refractivity contribution in [3.05, 3.63) is 48.0 Å². The quantitative estimate of drug-likeness (QED) is 0.843. The normalized spacial score (nSPS) is 10.3. The molecule has 106 valence electrons. The van der Waals surface area contributed by atoms with Crippen LogP contribution in [0.1, 0.15) is 18.9 Å². The summed E-state index contributed by atoms with van der Waals surface area (Å²) in [5.41, 5.74) is 0.953. The number of benzene rings is 1. The Morgan fingerprint density at radius 3 is 2.95 bits per heavy atom. The van der Waals surface area contributed by atoms with Crippen LogP contribution in [0.3, 0.4) is 0 Å². The Bertz CT molecular complexity index is 548. The van der Waals surface area contributed by atoms with Gasteiger partial charge >= 0.3 is 0 Å². The zero-order valence-electron chi connectivity index (χ0n) is 11.5. The standard InChI is InChI=1S/C15H18FN3O/c1-2-8-20-15-10-14(18-11-19-15)17-7-6-12-4-3-5-13(16)9-12/h3-5,9-11H,2,6-8H2,1H3,(H,17,18,19). The van der Waals surface area contributed by atoms with Crippen LogP contribution >= 0.6 is 0 Å². The van der Waals surface area contributed by atoms with Crippen molar-refractivity contribution in [1.29, 1.82) is 0 Å². The number of nitrogens with one attached hydrogen (secondary N) is 1. The van der Waals surface area contributed by atoms with Crippen LogP contribution in [0.5, 0.6) is 5.88 Å². The number of rotatable bonds is 7. The SMILES string of the molecule is CCCOc1cc(NCCc2cccc(F)c2)ncn1. The Labute approximate surface area is 118 Å². The van der Waals surface area contributed by atoms with Gasteiger partial charge in [-0.25, -0.2) is 14.4 Å². The van der Waals surface area contributed by atoms with Crippen molar-refractivity contribution in [3.63, 3.8) is 0 Å². The van der Waals surface area contributed by atoms with Gasteiger partial charge in [-0.15, -0.1) is 0 Å². The van der Waals surface area contributed by atoms with Crippen LogP contribution in [-0.2, 0) is 6.42 Å². The van der Waals surface area contributed by atoms with Gasteiger partial charge in [0.2, 0.25) is 5.88 Å². The van der Waals surface area contributed by atoms with Crippen LogP contribution in [0, 0.1) is 5.82 Å². The van der Waals surface area contributed by atoms with Crippen molar-refractivity contribution < 1.29 is 9.13 Å². The average Bonchev–Trinajstić information content (AvgIpc) is 2.46. The van der Waals surface area contributed by atoms with Gasteiger partial charge in [0.05, 0.1) is 6.61 Å². The van der Waals surface area contributed by atoms with Crippen molar-refractivity contribution in [2.24, 2.45) is 0 Å². The lowest BCUT2D eigenvalue weighted by Gasteiger charge is -2.07. The molecule has 0 aliphatic rings. The molecule has 0 spiro atoms. The molecule has 0 fully saturated rings. The van der Waals surface area contributed by atoms with E-state index in [9.17, 15) is 4.39 Å². The minimum atomic E-state index is -0.209. The van der Waals surface area contributed by atoms with Gasteiger partial charge < -0.3 is 10.1 Å². The fourth-order valence-corrected chi connectivity index (χ4v) is 1.75. The number of halogens is 1. The first-order valence-electron chi connectivity index (χ1n) is 6.71. The second-order valence-corrected chi connectivity index (χ2v) is 4.40. The minimum Gasteiger partial charge on any atom is -0.478 e. The van der Waals surface area contributed by atoms with E-state index >= 15 is 0 Å². The lowest BCUT2D eigenvalue weighted by molar-refractivity contribution is 0.305. The summed E-state index contributed by atoms with van der Waals surface area (Å²) in [7, 11) is 0. The van der Waals surface area contributed by atoms with Crippen LogP contribution < -0.4 is 10.1 Å². The summed E-state index contributed by atoms with van der Waals surface area (Å²) in [5.74, 6) is 1.07. The Morgan fingerprint density at radius 2 is 2.15 bits per heavy atom. The van der Waals surface area contributed by atoms with Crippen LogP contribution in [0.4, 0.5) is 10.2 Å². The molecule has 2 rings (SSSR count). The summed E-state index contributed by atoms with van der Waals surface area (Å²) >= 11 is 0. The van der Waals surface area contributed by atoms with Crippen LogP contribution in [-0.4, -0.2) is 23.1 Å². The molecule has 5 heteroatoms. The molecular weight excluding hydrogens is 257 g/mol. The molecule has 20 heavy (non-hydrogen) atoms. The highest BCUT2D eigenvalue weighted by molar-refractivity contribution is 5.37. The van der Waals surface area contributed by atoms with Crippen molar-refractivity contribution in [1.82, 2.24) is 9.97 Å². The topological polar surface area (TPSA) is 47.0 Å². The van der Waals surface area contributed by atoms with Gasteiger partial charge in [0, 0.05) is 12.6 Å². The second-order valence-electron chi connectivity index (χ2n) is 4.40. The molecule has 1 heterocycles. The molecule has 0 unspecified atom stereocenters. The Balaban J connectivity index is 1.84. The predicted molar refractivity (Wildman–Crippen MR) is 76.4 cm³/mol. The number of anilines is 1. The molecule has 0 atom stereocenters. The van der Waals surface area contributed by atoms with E-state index < -0.39 is 0 Å². The highest BCUT2D eigenvalue weighted by Gasteiger charge is 2.00. The third-order valence-corrected chi connectivity index (χ3v) is 2.70. The van der Waals surface area contributed by atoms with E-state index in [1.807, 2.05) is 13.0 Å². The van der Waals surface area contributed by atoms with Crippen molar-refractivity contribution in [3.8, 4) is 5.88 Å². The first kappa shape index (κ1) is 14.2. The molecule has 0 saturated heterocycles. The van der Waals surface area contributed by atoms with E-state index in [1.54, 1.807) is 12.1 Å². The smallest absolute Gasteiger partial charge is 0.218 e. The van der Waals surface area contributed by atoms with E-state index in [0.717, 1.165) is 18.4 Å². The average molecular weight is 275 g/mol. The van der Waals surface area contributed by atoms with Crippen LogP contribution in [0.2, 0.25) is 0 Å². The zero-order valence-corrected chi connectivity index (χ0v) is 11.5. The largest absolute Gasteiger partial charge is 0.478 e. The second kappa shape index (κ2) is 7.43. The maximum Gasteiger partial charge on any atom is 0.218 e. The van der Waals surface area contributed by atoms with E-state index in [0.29, 0.717) is 24.8 Å². The zero-order chi connectivity index (χ0) is 14.2. The highest BCUT2D eigenvalue weighted by atomic mass is 19.1. The Hall–Kier alpha value is -2.17. The lowest BCUT2D eigenvalue weighted by atomic mass is 10.1. The summed E-state index contributed by atoms with van der Waals surface area (Å²) in [6.07, 6.45) is 3.13. The molecule has 1 N–H and O–H groups in total. The van der Waals surface area contributed by atoms with E-state index in [2.05, 4.69) is 15.3 Å². The Kier molecular flexibility index (Phi) is 5.29. The van der Waals surface area contributed by atoms with Crippen molar-refractivity contribution in [2.45, 2.75) is 19.8 Å². The summed E-state index contributed by atoms with van der Waals surface area (Å²) in [6.45, 7) is 3.35. The van der Waals surface area contributed by atoms with Crippen molar-refractivity contribution >= 4 is 5.82 Å². The maximum atomic E-state index is 13.0. The molecule has 0 saturated carbocycles. The van der Waals surface area contributed by atoms with Gasteiger partial charge in [-0.3, -0.25) is 0 Å². The maximum absolute atomic E-state index is 13.0. The van der Waals surface area contributed by atoms with E-state index in [4.69, 9.17) is 4.74 Å². The number of hydrogen-bond acceptors (Lipinski definition) is 4. The van der Waals surface area contributed by atoms with Gasteiger partial charge in [0.25, 0.3) is 0 Å². The third-order valence-electron chi connectivity index (χ3n) is 2.70. The summed E-state index contributed by atoms with van der Waals surface area (Å²) in [4.78, 5) is 8.15. The molecule has 0 radical (unpaired) electrons. The molecule has 2 aromatic rings. The molecule has 0 amide bonds. The fraction of sp³-hybridized carbons (Fsp3) is 0.333. The van der Waals surface area contributed by atoms with E-state index in [-0.39, 0.29) is 5.82 Å². The molecule has 0 bridgehead atoms. The molecule has 1 aromatic carbocycles. The van der Waals surface area contributed by atoms with E-state index in [1.165, 1.54) is 18.5 Å². The molecular formula is C15H18FN3O. The summed E-state index contributed by atoms with van der Waals surface area (Å²) in [5, 5.41) is 3.18. The highest BCUT2D eigenvalue weighted by Crippen LogP contribution is 2.11. The predicted octanol–water partition coefficient (Wildman–Crippen LogP) is 3.06. The van der Waals surface area contributed by atoms with Gasteiger partial charge in [0.1, 0.15) is 18.0 Å². The molecule has 1 aromatic heterocycles. The number of nitrogens with zero attached hydrogens (tertiary/aromatic N) is 2. The fourth-order valence-electron chi connectivity index (χ4n) is 1.75. The Morgan fingerprint density at radius 1 is 1.25 bits per heavy atom. The number of aromatic nitrogens is 2. The van der Waals surface area contributed by atoms with Gasteiger partial charge in [0.15, 0.2) is 0 Å². The minimum absolute atomic E-state index is 0.209. The molecule has 4 nitrogen and oxygen atoms in total. The van der Waals surface area contributed by atoms with Gasteiger partial charge in [-0.05, 0) is 30.5 Å². The first-order valence-corrected chi connectivity index (χ1v) is 6.71. The van der Waals surface area contributed by atoms with Gasteiger partial charge in [-0.1, -0.05) is 19.1 Å². The van der Waals surface area contributed by atoms with Crippen LogP contribution in [0.15, 0.2) is 36.7 Å². The molecule has 0 aliphatic carbocycles. The first-order chi connectivity index (χ1) is 9.78. The summed E-state index contributed by atoms with van der Waals surface area (Å²) < 4.78 is 18.5. The molecule has 0 aliphatic heterocycles.